The lowest BCUT2D eigenvalue weighted by molar-refractivity contribution is 0.0950. The Kier molecular flexibility index (Phi) is 5.45. The predicted molar refractivity (Wildman–Crippen MR) is 96.4 cm³/mol. The van der Waals surface area contributed by atoms with Crippen LogP contribution < -0.4 is 15.7 Å². The molecule has 0 spiro atoms. The molecular formula is C18H18N2O4S. The Morgan fingerprint density at radius 2 is 2.24 bits per heavy atom. The van der Waals surface area contributed by atoms with Gasteiger partial charge in [-0.15, -0.1) is 11.3 Å². The van der Waals surface area contributed by atoms with Crippen molar-refractivity contribution in [2.24, 2.45) is 0 Å². The number of ether oxygens (including phenoxy) is 1. The smallest absolute Gasteiger partial charge is 0.349 e. The fourth-order valence-corrected chi connectivity index (χ4v) is 2.91. The molecule has 1 amide bonds. The van der Waals surface area contributed by atoms with E-state index in [1.807, 2.05) is 12.3 Å². The van der Waals surface area contributed by atoms with Crippen molar-refractivity contribution in [3.8, 4) is 5.75 Å². The molecular weight excluding hydrogens is 340 g/mol. The van der Waals surface area contributed by atoms with Crippen molar-refractivity contribution in [3.63, 3.8) is 0 Å². The maximum atomic E-state index is 12.2. The summed E-state index contributed by atoms with van der Waals surface area (Å²) in [6.45, 7) is 3.01. The fraction of sp³-hybridized carbons (Fsp3) is 0.278. The van der Waals surface area contributed by atoms with Gasteiger partial charge in [0, 0.05) is 29.8 Å². The standard InChI is InChI=1S/C18H18N2O4S/c1-2-7-23-14-4-3-12-8-15(18(22)24-16(12)9-14)17(21)19-6-5-13-10-25-11-20-13/h3-4,8-11H,2,5-7H2,1H3,(H,19,21). The van der Waals surface area contributed by atoms with Crippen LogP contribution in [0.1, 0.15) is 29.4 Å². The quantitative estimate of drug-likeness (QED) is 0.657. The van der Waals surface area contributed by atoms with Gasteiger partial charge in [-0.3, -0.25) is 4.79 Å². The second-order valence-corrected chi connectivity index (χ2v) is 6.20. The highest BCUT2D eigenvalue weighted by Crippen LogP contribution is 2.20. The maximum Gasteiger partial charge on any atom is 0.349 e. The van der Waals surface area contributed by atoms with Gasteiger partial charge in [-0.1, -0.05) is 6.92 Å². The normalized spacial score (nSPS) is 10.8. The van der Waals surface area contributed by atoms with Gasteiger partial charge in [0.15, 0.2) is 0 Å². The molecule has 25 heavy (non-hydrogen) atoms. The van der Waals surface area contributed by atoms with Gasteiger partial charge < -0.3 is 14.5 Å². The molecule has 3 rings (SSSR count). The Hall–Kier alpha value is -2.67. The van der Waals surface area contributed by atoms with Crippen molar-refractivity contribution >= 4 is 28.2 Å². The number of nitrogens with one attached hydrogen (secondary N) is 1. The summed E-state index contributed by atoms with van der Waals surface area (Å²) < 4.78 is 10.8. The first-order valence-corrected chi connectivity index (χ1v) is 8.97. The van der Waals surface area contributed by atoms with Gasteiger partial charge in [-0.25, -0.2) is 9.78 Å². The molecule has 7 heteroatoms. The summed E-state index contributed by atoms with van der Waals surface area (Å²) in [5, 5.41) is 5.32. The van der Waals surface area contributed by atoms with E-state index in [0.29, 0.717) is 36.3 Å². The summed E-state index contributed by atoms with van der Waals surface area (Å²) in [4.78, 5) is 28.5. The number of carbonyl (C=O) groups excluding carboxylic acids is 1. The number of hydrogen-bond donors (Lipinski definition) is 1. The highest BCUT2D eigenvalue weighted by Gasteiger charge is 2.14. The fourth-order valence-electron chi connectivity index (χ4n) is 2.32. The average Bonchev–Trinajstić information content (AvgIpc) is 3.12. The number of carbonyl (C=O) groups is 1. The van der Waals surface area contributed by atoms with Gasteiger partial charge in [0.2, 0.25) is 0 Å². The number of aromatic nitrogens is 1. The molecule has 1 aromatic carbocycles. The zero-order valence-corrected chi connectivity index (χ0v) is 14.6. The summed E-state index contributed by atoms with van der Waals surface area (Å²) >= 11 is 1.51. The van der Waals surface area contributed by atoms with Gasteiger partial charge in [0.05, 0.1) is 17.8 Å². The molecule has 1 N–H and O–H groups in total. The van der Waals surface area contributed by atoms with Crippen LogP contribution >= 0.6 is 11.3 Å². The van der Waals surface area contributed by atoms with Gasteiger partial charge in [0.1, 0.15) is 16.9 Å². The van der Waals surface area contributed by atoms with Crippen LogP contribution in [0.3, 0.4) is 0 Å². The number of fused-ring (bicyclic) bond motifs is 1. The summed E-state index contributed by atoms with van der Waals surface area (Å²) in [6.07, 6.45) is 1.51. The maximum absolute atomic E-state index is 12.2. The molecule has 2 heterocycles. The molecule has 130 valence electrons. The van der Waals surface area contributed by atoms with E-state index in [0.717, 1.165) is 12.1 Å². The number of nitrogens with zero attached hydrogens (tertiary/aromatic N) is 1. The monoisotopic (exact) mass is 358 g/mol. The third kappa shape index (κ3) is 4.24. The first-order chi connectivity index (χ1) is 12.2. The molecule has 3 aromatic rings. The second-order valence-electron chi connectivity index (χ2n) is 5.48. The molecule has 0 atom stereocenters. The molecule has 6 nitrogen and oxygen atoms in total. The zero-order valence-electron chi connectivity index (χ0n) is 13.8. The van der Waals surface area contributed by atoms with Crippen molar-refractivity contribution in [2.75, 3.05) is 13.2 Å². The lowest BCUT2D eigenvalue weighted by Crippen LogP contribution is -2.29. The predicted octanol–water partition coefficient (Wildman–Crippen LogP) is 3.01. The lowest BCUT2D eigenvalue weighted by Gasteiger charge is -2.07. The summed E-state index contributed by atoms with van der Waals surface area (Å²) in [6, 6.07) is 6.77. The molecule has 2 aromatic heterocycles. The lowest BCUT2D eigenvalue weighted by atomic mass is 10.1. The minimum absolute atomic E-state index is 0.00648. The summed E-state index contributed by atoms with van der Waals surface area (Å²) in [5.41, 5.74) is 2.39. The molecule has 0 radical (unpaired) electrons. The highest BCUT2D eigenvalue weighted by atomic mass is 32.1. The summed E-state index contributed by atoms with van der Waals surface area (Å²) in [5.74, 6) is 0.190. The number of rotatable bonds is 7. The first-order valence-electron chi connectivity index (χ1n) is 8.03. The van der Waals surface area contributed by atoms with Crippen LogP contribution in [0.25, 0.3) is 11.0 Å². The number of amides is 1. The Balaban J connectivity index is 1.73. The minimum atomic E-state index is -0.661. The van der Waals surface area contributed by atoms with Gasteiger partial charge in [0.25, 0.3) is 5.91 Å². The van der Waals surface area contributed by atoms with E-state index in [2.05, 4.69) is 10.3 Å². The van der Waals surface area contributed by atoms with E-state index >= 15 is 0 Å². The Bertz CT molecular complexity index is 918. The number of hydrogen-bond acceptors (Lipinski definition) is 6. The van der Waals surface area contributed by atoms with Gasteiger partial charge in [-0.2, -0.15) is 0 Å². The van der Waals surface area contributed by atoms with Gasteiger partial charge >= 0.3 is 5.63 Å². The van der Waals surface area contributed by atoms with Crippen molar-refractivity contribution in [2.45, 2.75) is 19.8 Å². The van der Waals surface area contributed by atoms with Crippen molar-refractivity contribution in [3.05, 3.63) is 56.8 Å². The zero-order chi connectivity index (χ0) is 17.6. The van der Waals surface area contributed by atoms with Crippen LogP contribution in [0.5, 0.6) is 5.75 Å². The van der Waals surface area contributed by atoms with E-state index in [1.165, 1.54) is 11.3 Å². The second kappa shape index (κ2) is 7.94. The number of thiazole rings is 1. The minimum Gasteiger partial charge on any atom is -0.493 e. The van der Waals surface area contributed by atoms with E-state index in [-0.39, 0.29) is 5.56 Å². The van der Waals surface area contributed by atoms with Crippen molar-refractivity contribution < 1.29 is 13.9 Å². The Morgan fingerprint density at radius 1 is 1.36 bits per heavy atom. The highest BCUT2D eigenvalue weighted by molar-refractivity contribution is 7.07. The summed E-state index contributed by atoms with van der Waals surface area (Å²) in [7, 11) is 0. The van der Waals surface area contributed by atoms with Crippen LogP contribution in [0.15, 0.2) is 44.4 Å². The van der Waals surface area contributed by atoms with Crippen LogP contribution in [0, 0.1) is 0 Å². The third-order valence-electron chi connectivity index (χ3n) is 3.58. The molecule has 0 aliphatic heterocycles. The SMILES string of the molecule is CCCOc1ccc2cc(C(=O)NCCc3cscn3)c(=O)oc2c1. The molecule has 0 unspecified atom stereocenters. The van der Waals surface area contributed by atoms with Crippen molar-refractivity contribution in [1.82, 2.24) is 10.3 Å². The van der Waals surface area contributed by atoms with Crippen LogP contribution in [0.2, 0.25) is 0 Å². The first kappa shape index (κ1) is 17.2. The van der Waals surface area contributed by atoms with E-state index < -0.39 is 11.5 Å². The molecule has 0 saturated heterocycles. The molecule has 0 saturated carbocycles. The third-order valence-corrected chi connectivity index (χ3v) is 4.21. The Morgan fingerprint density at radius 3 is 3.00 bits per heavy atom. The van der Waals surface area contributed by atoms with E-state index in [4.69, 9.17) is 9.15 Å². The number of benzene rings is 1. The van der Waals surface area contributed by atoms with Gasteiger partial charge in [-0.05, 0) is 24.6 Å². The van der Waals surface area contributed by atoms with E-state index in [1.54, 1.807) is 29.8 Å². The largest absolute Gasteiger partial charge is 0.493 e. The van der Waals surface area contributed by atoms with E-state index in [9.17, 15) is 9.59 Å². The Labute approximate surface area is 148 Å². The molecule has 0 aliphatic rings. The molecule has 0 aliphatic carbocycles. The molecule has 0 fully saturated rings. The van der Waals surface area contributed by atoms with Crippen LogP contribution in [0.4, 0.5) is 0 Å². The molecule has 0 bridgehead atoms. The topological polar surface area (TPSA) is 81.4 Å². The van der Waals surface area contributed by atoms with Crippen molar-refractivity contribution in [1.29, 1.82) is 0 Å². The van der Waals surface area contributed by atoms with Crippen LogP contribution in [-0.2, 0) is 6.42 Å². The average molecular weight is 358 g/mol. The van der Waals surface area contributed by atoms with Crippen LogP contribution in [-0.4, -0.2) is 24.0 Å².